The average Bonchev–Trinajstić information content (AvgIpc) is 2.46. The van der Waals surface area contributed by atoms with E-state index in [0.29, 0.717) is 6.04 Å². The van der Waals surface area contributed by atoms with E-state index in [2.05, 4.69) is 49.5 Å². The van der Waals surface area contributed by atoms with Crippen LogP contribution in [0.3, 0.4) is 0 Å². The lowest BCUT2D eigenvalue weighted by molar-refractivity contribution is 0.218. The second-order valence-electron chi connectivity index (χ2n) is 5.91. The van der Waals surface area contributed by atoms with Gasteiger partial charge in [-0.25, -0.2) is 0 Å². The minimum Gasteiger partial charge on any atom is -0.310 e. The molecule has 1 N–H and O–H groups in total. The zero-order valence-corrected chi connectivity index (χ0v) is 11.9. The van der Waals surface area contributed by atoms with Gasteiger partial charge in [0.05, 0.1) is 0 Å². The topological polar surface area (TPSA) is 12.0 Å². The molecule has 1 saturated carbocycles. The van der Waals surface area contributed by atoms with E-state index in [9.17, 15) is 0 Å². The lowest BCUT2D eigenvalue weighted by Gasteiger charge is -2.32. The van der Waals surface area contributed by atoms with Crippen molar-refractivity contribution in [2.24, 2.45) is 11.8 Å². The molecule has 0 saturated heterocycles. The second kappa shape index (κ2) is 6.94. The molecule has 0 radical (unpaired) electrons. The van der Waals surface area contributed by atoms with Crippen molar-refractivity contribution in [3.05, 3.63) is 35.9 Å². The number of nitrogens with one attached hydrogen (secondary N) is 1. The number of benzene rings is 1. The first-order chi connectivity index (χ1) is 8.77. The van der Waals surface area contributed by atoms with Crippen molar-refractivity contribution in [3.63, 3.8) is 0 Å². The fourth-order valence-corrected chi connectivity index (χ4v) is 3.13. The van der Waals surface area contributed by atoms with E-state index in [1.54, 1.807) is 0 Å². The molecule has 1 aliphatic carbocycles. The molecular weight excluding hydrogens is 218 g/mol. The lowest BCUT2D eigenvalue weighted by atomic mass is 9.78. The summed E-state index contributed by atoms with van der Waals surface area (Å²) in [5.41, 5.74) is 1.39. The highest BCUT2D eigenvalue weighted by Crippen LogP contribution is 2.31. The molecule has 0 heterocycles. The summed E-state index contributed by atoms with van der Waals surface area (Å²) in [6.45, 7) is 5.78. The van der Waals surface area contributed by atoms with Crippen LogP contribution in [-0.2, 0) is 6.54 Å². The van der Waals surface area contributed by atoms with E-state index in [1.807, 2.05) is 0 Å². The molecule has 1 aliphatic rings. The maximum atomic E-state index is 3.70. The van der Waals surface area contributed by atoms with Crippen LogP contribution in [0.25, 0.3) is 0 Å². The van der Waals surface area contributed by atoms with E-state index in [-0.39, 0.29) is 0 Å². The van der Waals surface area contributed by atoms with Crippen LogP contribution in [0.1, 0.15) is 51.5 Å². The second-order valence-corrected chi connectivity index (χ2v) is 5.91. The fraction of sp³-hybridized carbons (Fsp3) is 0.647. The van der Waals surface area contributed by atoms with Crippen molar-refractivity contribution in [1.29, 1.82) is 0 Å². The van der Waals surface area contributed by atoms with Crippen molar-refractivity contribution in [3.8, 4) is 0 Å². The quantitative estimate of drug-likeness (QED) is 0.811. The number of rotatable bonds is 5. The molecule has 0 bridgehead atoms. The van der Waals surface area contributed by atoms with Gasteiger partial charge in [-0.3, -0.25) is 0 Å². The van der Waals surface area contributed by atoms with Crippen LogP contribution in [-0.4, -0.2) is 6.04 Å². The smallest absolute Gasteiger partial charge is 0.0208 e. The minimum atomic E-state index is 0.619. The summed E-state index contributed by atoms with van der Waals surface area (Å²) in [7, 11) is 0. The highest BCUT2D eigenvalue weighted by molar-refractivity contribution is 5.14. The third-order valence-corrected chi connectivity index (χ3v) is 4.65. The zero-order chi connectivity index (χ0) is 12.8. The van der Waals surface area contributed by atoms with Gasteiger partial charge in [-0.1, -0.05) is 69.4 Å². The molecule has 0 amide bonds. The van der Waals surface area contributed by atoms with Gasteiger partial charge in [0.2, 0.25) is 0 Å². The monoisotopic (exact) mass is 245 g/mol. The Bertz CT molecular complexity index is 327. The summed E-state index contributed by atoms with van der Waals surface area (Å²) < 4.78 is 0. The molecule has 1 fully saturated rings. The zero-order valence-electron chi connectivity index (χ0n) is 11.9. The first-order valence-corrected chi connectivity index (χ1v) is 7.54. The Kier molecular flexibility index (Phi) is 5.25. The van der Waals surface area contributed by atoms with Gasteiger partial charge >= 0.3 is 0 Å². The molecule has 18 heavy (non-hydrogen) atoms. The Hall–Kier alpha value is -0.820. The van der Waals surface area contributed by atoms with Crippen LogP contribution in [0.4, 0.5) is 0 Å². The standard InChI is InChI=1S/C17H27N/c1-14(17-11-7-4-8-12-17)15(2)18-13-16-9-5-3-6-10-16/h3,5-6,9-10,14-15,17-18H,4,7-8,11-13H2,1-2H3/t14-,15-/m1/s1. The lowest BCUT2D eigenvalue weighted by Crippen LogP contribution is -2.36. The summed E-state index contributed by atoms with van der Waals surface area (Å²) >= 11 is 0. The van der Waals surface area contributed by atoms with Gasteiger partial charge < -0.3 is 5.32 Å². The molecule has 1 nitrogen and oxygen atoms in total. The molecule has 0 unspecified atom stereocenters. The van der Waals surface area contributed by atoms with E-state index in [1.165, 1.54) is 37.7 Å². The van der Waals surface area contributed by atoms with E-state index < -0.39 is 0 Å². The van der Waals surface area contributed by atoms with Gasteiger partial charge in [-0.2, -0.15) is 0 Å². The minimum absolute atomic E-state index is 0.619. The van der Waals surface area contributed by atoms with Crippen molar-refractivity contribution in [1.82, 2.24) is 5.32 Å². The van der Waals surface area contributed by atoms with Crippen LogP contribution in [0.15, 0.2) is 30.3 Å². The van der Waals surface area contributed by atoms with Gasteiger partial charge in [-0.05, 0) is 24.3 Å². The van der Waals surface area contributed by atoms with Gasteiger partial charge in [0.1, 0.15) is 0 Å². The van der Waals surface area contributed by atoms with Crippen LogP contribution >= 0.6 is 0 Å². The molecule has 1 heteroatoms. The third kappa shape index (κ3) is 3.84. The van der Waals surface area contributed by atoms with Gasteiger partial charge in [0.15, 0.2) is 0 Å². The molecule has 1 aromatic carbocycles. The Morgan fingerprint density at radius 3 is 2.39 bits per heavy atom. The predicted molar refractivity (Wildman–Crippen MR) is 78.5 cm³/mol. The van der Waals surface area contributed by atoms with E-state index >= 15 is 0 Å². The Morgan fingerprint density at radius 1 is 1.06 bits per heavy atom. The summed E-state index contributed by atoms with van der Waals surface area (Å²) in [4.78, 5) is 0. The molecule has 0 spiro atoms. The van der Waals surface area contributed by atoms with E-state index in [4.69, 9.17) is 0 Å². The van der Waals surface area contributed by atoms with Crippen LogP contribution in [0.2, 0.25) is 0 Å². The first-order valence-electron chi connectivity index (χ1n) is 7.54. The van der Waals surface area contributed by atoms with Crippen molar-refractivity contribution >= 4 is 0 Å². The van der Waals surface area contributed by atoms with Crippen molar-refractivity contribution < 1.29 is 0 Å². The van der Waals surface area contributed by atoms with Gasteiger partial charge in [-0.15, -0.1) is 0 Å². The maximum absolute atomic E-state index is 3.70. The molecule has 1 aromatic rings. The largest absolute Gasteiger partial charge is 0.310 e. The Labute approximate surface area is 112 Å². The molecular formula is C17H27N. The molecule has 2 atom stereocenters. The van der Waals surface area contributed by atoms with Crippen LogP contribution < -0.4 is 5.32 Å². The SMILES string of the molecule is C[C@@H](NCc1ccccc1)[C@@H](C)C1CCCCC1. The normalized spacial score (nSPS) is 20.6. The van der Waals surface area contributed by atoms with Gasteiger partial charge in [0.25, 0.3) is 0 Å². The van der Waals surface area contributed by atoms with Crippen LogP contribution in [0, 0.1) is 11.8 Å². The Morgan fingerprint density at radius 2 is 1.72 bits per heavy atom. The molecule has 0 aromatic heterocycles. The summed E-state index contributed by atoms with van der Waals surface area (Å²) in [5.74, 6) is 1.74. The summed E-state index contributed by atoms with van der Waals surface area (Å²) in [5, 5.41) is 3.70. The van der Waals surface area contributed by atoms with Crippen molar-refractivity contribution in [2.75, 3.05) is 0 Å². The molecule has 2 rings (SSSR count). The maximum Gasteiger partial charge on any atom is 0.0208 e. The number of hydrogen-bond acceptors (Lipinski definition) is 1. The highest BCUT2D eigenvalue weighted by Gasteiger charge is 2.23. The molecule has 0 aliphatic heterocycles. The summed E-state index contributed by atoms with van der Waals surface area (Å²) in [6.07, 6.45) is 7.23. The van der Waals surface area contributed by atoms with Crippen molar-refractivity contribution in [2.45, 2.75) is 58.5 Å². The predicted octanol–water partition coefficient (Wildman–Crippen LogP) is 4.38. The number of hydrogen-bond donors (Lipinski definition) is 1. The average molecular weight is 245 g/mol. The van der Waals surface area contributed by atoms with E-state index in [0.717, 1.165) is 18.4 Å². The summed E-state index contributed by atoms with van der Waals surface area (Å²) in [6, 6.07) is 11.3. The molecule has 100 valence electrons. The first kappa shape index (κ1) is 13.6. The highest BCUT2D eigenvalue weighted by atomic mass is 14.9. The fourth-order valence-electron chi connectivity index (χ4n) is 3.13. The third-order valence-electron chi connectivity index (χ3n) is 4.65. The Balaban J connectivity index is 1.78. The van der Waals surface area contributed by atoms with Gasteiger partial charge in [0, 0.05) is 12.6 Å². The van der Waals surface area contributed by atoms with Crippen LogP contribution in [0.5, 0.6) is 0 Å².